The van der Waals surface area contributed by atoms with Crippen molar-refractivity contribution >= 4 is 23.7 Å². The molecule has 0 heterocycles. The lowest BCUT2D eigenvalue weighted by molar-refractivity contribution is -0.137. The van der Waals surface area contributed by atoms with Crippen LogP contribution in [0, 0.1) is 0 Å². The van der Waals surface area contributed by atoms with Gasteiger partial charge in [-0.15, -0.1) is 0 Å². The molecule has 0 aliphatic heterocycles. The highest BCUT2D eigenvalue weighted by Gasteiger charge is 2.15. The van der Waals surface area contributed by atoms with Crippen LogP contribution in [-0.2, 0) is 9.53 Å². The Bertz CT molecular complexity index is 2110. The van der Waals surface area contributed by atoms with Gasteiger partial charge in [0.05, 0.1) is 43.1 Å². The predicted molar refractivity (Wildman–Crippen MR) is 233 cm³/mol. The summed E-state index contributed by atoms with van der Waals surface area (Å²) in [6, 6.07) is 33.1. The smallest absolute Gasteiger partial charge is 0.343 e. The molecule has 0 aromatic heterocycles. The maximum Gasteiger partial charge on any atom is 0.343 e. The minimum Gasteiger partial charge on any atom is -0.507 e. The van der Waals surface area contributed by atoms with E-state index in [0.717, 1.165) is 57.4 Å². The summed E-state index contributed by atoms with van der Waals surface area (Å²) in [7, 11) is 0. The fraction of sp³-hybridized carbons (Fsp3) is 0.280. The lowest BCUT2D eigenvalue weighted by Crippen LogP contribution is -2.10. The van der Waals surface area contributed by atoms with E-state index in [1.807, 2.05) is 19.9 Å². The molecule has 320 valence electrons. The Morgan fingerprint density at radius 3 is 1.34 bits per heavy atom. The second-order valence-corrected chi connectivity index (χ2v) is 13.4. The molecule has 11 nitrogen and oxygen atoms in total. The van der Waals surface area contributed by atoms with E-state index < -0.39 is 17.9 Å². The Kier molecular flexibility index (Phi) is 20.2. The Labute approximate surface area is 357 Å². The van der Waals surface area contributed by atoms with Gasteiger partial charge in [0, 0.05) is 17.7 Å². The van der Waals surface area contributed by atoms with Crippen LogP contribution in [0.2, 0.25) is 0 Å². The molecule has 0 spiro atoms. The van der Waals surface area contributed by atoms with Gasteiger partial charge in [-0.25, -0.2) is 14.4 Å². The third kappa shape index (κ3) is 16.4. The van der Waals surface area contributed by atoms with Crippen LogP contribution >= 0.6 is 0 Å². The van der Waals surface area contributed by atoms with E-state index in [9.17, 15) is 24.3 Å². The minimum atomic E-state index is -0.538. The van der Waals surface area contributed by atoms with Gasteiger partial charge in [0.25, 0.3) is 0 Å². The van der Waals surface area contributed by atoms with Crippen molar-refractivity contribution in [3.05, 3.63) is 156 Å². The second-order valence-electron chi connectivity index (χ2n) is 13.4. The quantitative estimate of drug-likeness (QED) is 0.0209. The molecule has 0 amide bonds. The van der Waals surface area contributed by atoms with E-state index in [-0.39, 0.29) is 17.1 Å². The van der Waals surface area contributed by atoms with Gasteiger partial charge in [0.15, 0.2) is 5.78 Å². The Hall–Kier alpha value is -6.88. The molecule has 0 fully saturated rings. The van der Waals surface area contributed by atoms with Crippen LogP contribution in [0.25, 0.3) is 0 Å². The molecule has 11 heteroatoms. The zero-order chi connectivity index (χ0) is 43.7. The number of carbonyl (C=O) groups is 4. The summed E-state index contributed by atoms with van der Waals surface area (Å²) in [5.74, 6) is 0.547. The monoisotopic (exact) mass is 830 g/mol. The lowest BCUT2D eigenvalue weighted by Gasteiger charge is -2.10. The molecule has 1 N–H and O–H groups in total. The van der Waals surface area contributed by atoms with Crippen molar-refractivity contribution in [3.8, 4) is 34.5 Å². The molecule has 0 aliphatic carbocycles. The largest absolute Gasteiger partial charge is 0.507 e. The van der Waals surface area contributed by atoms with E-state index in [2.05, 4.69) is 6.58 Å². The number of hydrogen-bond acceptors (Lipinski definition) is 11. The van der Waals surface area contributed by atoms with Crippen LogP contribution < -0.4 is 23.7 Å². The number of rotatable bonds is 24. The highest BCUT2D eigenvalue weighted by atomic mass is 16.5. The topological polar surface area (TPSA) is 144 Å². The van der Waals surface area contributed by atoms with Crippen LogP contribution in [0.5, 0.6) is 34.5 Å². The summed E-state index contributed by atoms with van der Waals surface area (Å²) in [6.07, 6.45) is 8.18. The van der Waals surface area contributed by atoms with Gasteiger partial charge in [-0.05, 0) is 136 Å². The van der Waals surface area contributed by atoms with Gasteiger partial charge in [-0.2, -0.15) is 0 Å². The van der Waals surface area contributed by atoms with Crippen LogP contribution in [0.3, 0.4) is 0 Å². The first-order valence-electron chi connectivity index (χ1n) is 20.6. The molecule has 0 unspecified atom stereocenters. The average Bonchev–Trinajstić information content (AvgIpc) is 3.29. The fourth-order valence-electron chi connectivity index (χ4n) is 5.74. The molecule has 0 saturated carbocycles. The zero-order valence-electron chi connectivity index (χ0n) is 34.8. The number of benzene rings is 5. The van der Waals surface area contributed by atoms with Crippen molar-refractivity contribution in [2.45, 2.75) is 65.2 Å². The molecular formula is C50H54O11. The number of ketones is 1. The number of phenols is 1. The number of hydrogen-bond donors (Lipinski definition) is 1. The Balaban J connectivity index is 0.00000403. The summed E-state index contributed by atoms with van der Waals surface area (Å²) in [4.78, 5) is 49.1. The minimum absolute atomic E-state index is 0.111. The van der Waals surface area contributed by atoms with Gasteiger partial charge in [0.2, 0.25) is 0 Å². The summed E-state index contributed by atoms with van der Waals surface area (Å²) >= 11 is 0. The Morgan fingerprint density at radius 2 is 0.902 bits per heavy atom. The number of unbranched alkanes of at least 4 members (excludes halogenated alkanes) is 6. The van der Waals surface area contributed by atoms with Crippen LogP contribution in [0.15, 0.2) is 134 Å². The predicted octanol–water partition coefficient (Wildman–Crippen LogP) is 10.8. The molecule has 5 rings (SSSR count). The molecule has 61 heavy (non-hydrogen) atoms. The number of phenolic OH excluding ortho intramolecular Hbond substituents is 1. The third-order valence-electron chi connectivity index (χ3n) is 8.97. The van der Waals surface area contributed by atoms with Crippen molar-refractivity contribution < 1.29 is 52.7 Å². The molecule has 5 aromatic carbocycles. The fourth-order valence-corrected chi connectivity index (χ4v) is 5.74. The van der Waals surface area contributed by atoms with Gasteiger partial charge in [0.1, 0.15) is 34.5 Å². The summed E-state index contributed by atoms with van der Waals surface area (Å²) in [6.45, 7) is 9.28. The van der Waals surface area contributed by atoms with E-state index in [1.165, 1.54) is 6.07 Å². The van der Waals surface area contributed by atoms with Crippen LogP contribution in [-0.4, -0.2) is 55.2 Å². The molecule has 0 atom stereocenters. The first-order valence-corrected chi connectivity index (χ1v) is 20.6. The molecule has 5 aromatic rings. The summed E-state index contributed by atoms with van der Waals surface area (Å²) in [5, 5.41) is 10.4. The van der Waals surface area contributed by atoms with Gasteiger partial charge >= 0.3 is 17.9 Å². The van der Waals surface area contributed by atoms with Crippen molar-refractivity contribution in [1.82, 2.24) is 0 Å². The lowest BCUT2D eigenvalue weighted by atomic mass is 10.0. The SMILES string of the molecule is C=CC(=O)OCCCCCCOc1ccc(C(=O)Oc2ccc(OC(=O)c3ccc(OCCCCCCOc4ccc(C(=O)c5ccccc5)c(O)c4)cc3)cc2)cc1.CC. The maximum atomic E-state index is 12.7. The van der Waals surface area contributed by atoms with Gasteiger partial charge in [-0.3, -0.25) is 4.79 Å². The van der Waals surface area contributed by atoms with Crippen molar-refractivity contribution in [2.75, 3.05) is 26.4 Å². The highest BCUT2D eigenvalue weighted by molar-refractivity contribution is 6.10. The van der Waals surface area contributed by atoms with E-state index in [4.69, 9.17) is 28.4 Å². The Morgan fingerprint density at radius 1 is 0.492 bits per heavy atom. The van der Waals surface area contributed by atoms with Crippen LogP contribution in [0.4, 0.5) is 0 Å². The number of carbonyl (C=O) groups excluding carboxylic acids is 4. The van der Waals surface area contributed by atoms with Crippen molar-refractivity contribution in [1.29, 1.82) is 0 Å². The van der Waals surface area contributed by atoms with E-state index >= 15 is 0 Å². The molecule has 0 radical (unpaired) electrons. The van der Waals surface area contributed by atoms with Crippen LogP contribution in [0.1, 0.15) is 102 Å². The first kappa shape index (κ1) is 46.8. The van der Waals surface area contributed by atoms with E-state index in [1.54, 1.807) is 109 Å². The normalized spacial score (nSPS) is 10.3. The zero-order valence-corrected chi connectivity index (χ0v) is 34.8. The molecule has 0 aliphatic rings. The van der Waals surface area contributed by atoms with Crippen molar-refractivity contribution in [3.63, 3.8) is 0 Å². The first-order chi connectivity index (χ1) is 29.8. The second kappa shape index (κ2) is 26.3. The standard InChI is InChI=1S/C48H48O11.C2H6/c1-2-45(50)57-33-13-6-5-11-31-55-39-22-18-37(19-23-39)48(53)59-41-26-24-40(25-27-41)58-47(52)36-16-20-38(21-17-36)54-30-10-3-4-12-32-56-42-28-29-43(44(49)34-42)46(51)35-14-8-7-9-15-35;1-2/h2,7-9,14-29,34,49H,1,3-6,10-13,30-33H2;1-2H3. The highest BCUT2D eigenvalue weighted by Crippen LogP contribution is 2.27. The third-order valence-corrected chi connectivity index (χ3v) is 8.97. The number of aromatic hydroxyl groups is 1. The van der Waals surface area contributed by atoms with Gasteiger partial charge < -0.3 is 33.5 Å². The average molecular weight is 831 g/mol. The molecule has 0 saturated heterocycles. The van der Waals surface area contributed by atoms with Crippen molar-refractivity contribution in [2.24, 2.45) is 0 Å². The molecular weight excluding hydrogens is 777 g/mol. The summed E-state index contributed by atoms with van der Waals surface area (Å²) in [5.41, 5.74) is 1.46. The molecule has 0 bridgehead atoms. The maximum absolute atomic E-state index is 12.7. The summed E-state index contributed by atoms with van der Waals surface area (Å²) < 4.78 is 33.3. The number of ether oxygens (including phenoxy) is 6. The van der Waals surface area contributed by atoms with E-state index in [0.29, 0.717) is 71.9 Å². The van der Waals surface area contributed by atoms with Gasteiger partial charge in [-0.1, -0.05) is 50.8 Å². The number of esters is 3.